The van der Waals surface area contributed by atoms with Gasteiger partial charge in [-0.15, -0.1) is 5.10 Å². The summed E-state index contributed by atoms with van der Waals surface area (Å²) in [6, 6.07) is 2.30. The molecule has 0 spiro atoms. The molecule has 1 fully saturated rings. The minimum absolute atomic E-state index is 0.271. The Morgan fingerprint density at radius 1 is 1.55 bits per heavy atom. The third-order valence-corrected chi connectivity index (χ3v) is 5.81. The molecule has 1 aliphatic heterocycles. The van der Waals surface area contributed by atoms with Crippen molar-refractivity contribution < 1.29 is 4.74 Å². The molecule has 1 saturated heterocycles. The molecule has 0 N–H and O–H groups in total. The molecular formula is C12H15ClIN4OP. The van der Waals surface area contributed by atoms with Gasteiger partial charge in [-0.2, -0.15) is 0 Å². The second kappa shape index (κ2) is 5.91. The first-order valence-corrected chi connectivity index (χ1v) is 10.8. The zero-order valence-electron chi connectivity index (χ0n) is 11.2. The van der Waals surface area contributed by atoms with Crippen LogP contribution in [0.1, 0.15) is 13.3 Å². The van der Waals surface area contributed by atoms with Gasteiger partial charge in [0, 0.05) is 32.0 Å². The smallest absolute Gasteiger partial charge is 0.160 e. The minimum atomic E-state index is 0.271. The molecule has 0 aromatic carbocycles. The average Bonchev–Trinajstić information content (AvgIpc) is 2.98. The van der Waals surface area contributed by atoms with Gasteiger partial charge in [0.25, 0.3) is 0 Å². The van der Waals surface area contributed by atoms with Crippen molar-refractivity contribution >= 4 is 56.7 Å². The van der Waals surface area contributed by atoms with Crippen LogP contribution in [0.15, 0.2) is 12.3 Å². The summed E-state index contributed by atoms with van der Waals surface area (Å²) in [5, 5.41) is 6.30. The number of nitrogens with zero attached hydrogens (tertiary/aromatic N) is 4. The van der Waals surface area contributed by atoms with Crippen LogP contribution in [-0.2, 0) is 4.74 Å². The molecule has 2 aromatic rings. The lowest BCUT2D eigenvalue weighted by atomic mass is 10.2. The number of aromatic nitrogens is 3. The minimum Gasteiger partial charge on any atom is -0.380 e. The van der Waals surface area contributed by atoms with Crippen LogP contribution in [0.25, 0.3) is 10.9 Å². The standard InChI is InChI=1S/C12H15ClIN4OP/c1-7-3-8(19-2)6-17(7)12-9-5-15-11(13)4-10(9)18(16-12)20-14/h4-5,7-8,20H,3,6H2,1-2H3. The van der Waals surface area contributed by atoms with Crippen molar-refractivity contribution in [2.24, 2.45) is 0 Å². The van der Waals surface area contributed by atoms with Crippen LogP contribution in [0.4, 0.5) is 5.82 Å². The molecule has 108 valence electrons. The molecule has 0 aliphatic carbocycles. The highest BCUT2D eigenvalue weighted by molar-refractivity contribution is 14.2. The number of halogens is 2. The van der Waals surface area contributed by atoms with Crippen molar-refractivity contribution in [3.05, 3.63) is 17.4 Å². The van der Waals surface area contributed by atoms with Gasteiger partial charge in [0.2, 0.25) is 0 Å². The van der Waals surface area contributed by atoms with Gasteiger partial charge in [0.15, 0.2) is 5.82 Å². The number of anilines is 1. The lowest BCUT2D eigenvalue weighted by Crippen LogP contribution is -2.28. The van der Waals surface area contributed by atoms with E-state index in [1.165, 1.54) is 0 Å². The summed E-state index contributed by atoms with van der Waals surface area (Å²) >= 11 is 8.33. The topological polar surface area (TPSA) is 43.2 Å². The molecule has 0 saturated carbocycles. The molecule has 5 nitrogen and oxygen atoms in total. The molecule has 1 aliphatic rings. The fraction of sp³-hybridized carbons (Fsp3) is 0.500. The van der Waals surface area contributed by atoms with E-state index >= 15 is 0 Å². The van der Waals surface area contributed by atoms with Gasteiger partial charge in [-0.3, -0.25) is 0 Å². The third-order valence-electron chi connectivity index (χ3n) is 3.73. The first-order valence-electron chi connectivity index (χ1n) is 6.34. The highest BCUT2D eigenvalue weighted by atomic mass is 127. The SMILES string of the molecule is COC1CC(C)N(c2nn(PI)c3cc(Cl)ncc23)C1. The summed E-state index contributed by atoms with van der Waals surface area (Å²) in [6.07, 6.45) is 3.65. The predicted octanol–water partition coefficient (Wildman–Crippen LogP) is 3.49. The Bertz CT molecular complexity index is 637. The van der Waals surface area contributed by atoms with Crippen LogP contribution in [-0.4, -0.2) is 40.3 Å². The van der Waals surface area contributed by atoms with Gasteiger partial charge in [0.1, 0.15) is 5.15 Å². The van der Waals surface area contributed by atoms with Gasteiger partial charge < -0.3 is 9.64 Å². The first kappa shape index (κ1) is 14.8. The highest BCUT2D eigenvalue weighted by Gasteiger charge is 2.32. The molecule has 3 heterocycles. The van der Waals surface area contributed by atoms with E-state index < -0.39 is 0 Å². The van der Waals surface area contributed by atoms with Crippen molar-refractivity contribution in [3.8, 4) is 0 Å². The maximum absolute atomic E-state index is 6.01. The third kappa shape index (κ3) is 2.51. The van der Waals surface area contributed by atoms with Crippen LogP contribution < -0.4 is 4.90 Å². The van der Waals surface area contributed by atoms with E-state index in [0.717, 1.165) is 29.7 Å². The van der Waals surface area contributed by atoms with Crippen LogP contribution in [0.3, 0.4) is 0 Å². The van der Waals surface area contributed by atoms with E-state index in [-0.39, 0.29) is 6.10 Å². The summed E-state index contributed by atoms with van der Waals surface area (Å²) in [6.45, 7) is 3.08. The quantitative estimate of drug-likeness (QED) is 0.430. The van der Waals surface area contributed by atoms with Gasteiger partial charge in [-0.1, -0.05) is 11.6 Å². The van der Waals surface area contributed by atoms with E-state index in [9.17, 15) is 0 Å². The fourth-order valence-corrected chi connectivity index (χ4v) is 4.36. The van der Waals surface area contributed by atoms with Crippen LogP contribution in [0, 0.1) is 0 Å². The normalized spacial score (nSPS) is 23.5. The van der Waals surface area contributed by atoms with Crippen LogP contribution in [0.2, 0.25) is 5.15 Å². The number of hydrogen-bond donors (Lipinski definition) is 0. The number of fused-ring (bicyclic) bond motifs is 1. The van der Waals surface area contributed by atoms with Crippen molar-refractivity contribution in [2.45, 2.75) is 25.5 Å². The first-order chi connectivity index (χ1) is 9.63. The average molecular weight is 425 g/mol. The zero-order valence-corrected chi connectivity index (χ0v) is 15.1. The van der Waals surface area contributed by atoms with Gasteiger partial charge in [-0.05, 0) is 35.4 Å². The molecule has 3 rings (SSSR count). The summed E-state index contributed by atoms with van der Waals surface area (Å²) < 4.78 is 7.48. The van der Waals surface area contributed by atoms with Gasteiger partial charge in [-0.25, -0.2) is 9.44 Å². The maximum Gasteiger partial charge on any atom is 0.160 e. The maximum atomic E-state index is 6.01. The summed E-state index contributed by atoms with van der Waals surface area (Å²) in [5.41, 5.74) is 1.04. The number of hydrogen-bond acceptors (Lipinski definition) is 4. The highest BCUT2D eigenvalue weighted by Crippen LogP contribution is 2.37. The van der Waals surface area contributed by atoms with Gasteiger partial charge >= 0.3 is 0 Å². The molecule has 2 aromatic heterocycles. The second-order valence-corrected chi connectivity index (χ2v) is 7.37. The molecule has 8 heteroatoms. The van der Waals surface area contributed by atoms with Crippen molar-refractivity contribution in [2.75, 3.05) is 18.6 Å². The number of methoxy groups -OCH3 is 1. The Morgan fingerprint density at radius 2 is 2.35 bits per heavy atom. The Hall–Kier alpha value is -0.170. The van der Waals surface area contributed by atoms with Crippen molar-refractivity contribution in [1.29, 1.82) is 0 Å². The molecule has 0 amide bonds. The number of pyridine rings is 1. The molecule has 3 atom stereocenters. The monoisotopic (exact) mass is 424 g/mol. The Morgan fingerprint density at radius 3 is 3.00 bits per heavy atom. The molecule has 0 radical (unpaired) electrons. The van der Waals surface area contributed by atoms with E-state index in [1.807, 2.05) is 16.7 Å². The van der Waals surface area contributed by atoms with E-state index in [0.29, 0.717) is 17.6 Å². The van der Waals surface area contributed by atoms with E-state index in [4.69, 9.17) is 21.4 Å². The summed E-state index contributed by atoms with van der Waals surface area (Å²) in [4.78, 5) is 6.51. The largest absolute Gasteiger partial charge is 0.380 e. The lowest BCUT2D eigenvalue weighted by Gasteiger charge is -2.20. The lowest BCUT2D eigenvalue weighted by molar-refractivity contribution is 0.119. The Balaban J connectivity index is 2.08. The van der Waals surface area contributed by atoms with Gasteiger partial charge in [0.05, 0.1) is 23.4 Å². The zero-order chi connectivity index (χ0) is 14.3. The summed E-state index contributed by atoms with van der Waals surface area (Å²) in [5.74, 6) is 0.986. The van der Waals surface area contributed by atoms with Crippen LogP contribution >= 0.6 is 40.0 Å². The van der Waals surface area contributed by atoms with Crippen LogP contribution in [0.5, 0.6) is 0 Å². The number of ether oxygens (including phenoxy) is 1. The Kier molecular flexibility index (Phi) is 4.36. The fourth-order valence-electron chi connectivity index (χ4n) is 2.69. The number of rotatable bonds is 3. The van der Waals surface area contributed by atoms with Crippen molar-refractivity contribution in [3.63, 3.8) is 0 Å². The van der Waals surface area contributed by atoms with E-state index in [1.54, 1.807) is 7.11 Å². The molecule has 0 bridgehead atoms. The summed E-state index contributed by atoms with van der Waals surface area (Å²) in [7, 11) is 1.77. The molecule has 20 heavy (non-hydrogen) atoms. The molecular weight excluding hydrogens is 409 g/mol. The second-order valence-electron chi connectivity index (χ2n) is 4.94. The Labute approximate surface area is 137 Å². The van der Waals surface area contributed by atoms with E-state index in [2.05, 4.69) is 38.8 Å². The van der Waals surface area contributed by atoms with Crippen molar-refractivity contribution in [1.82, 2.24) is 14.5 Å². The molecule has 3 unspecified atom stereocenters. The predicted molar refractivity (Wildman–Crippen MR) is 92.5 cm³/mol.